The van der Waals surface area contributed by atoms with Gasteiger partial charge in [-0.15, -0.1) is 0 Å². The van der Waals surface area contributed by atoms with Gasteiger partial charge in [-0.05, 0) is 50.5 Å². The zero-order valence-corrected chi connectivity index (χ0v) is 11.7. The summed E-state index contributed by atoms with van der Waals surface area (Å²) in [6, 6.07) is 4.88. The predicted molar refractivity (Wildman–Crippen MR) is 73.2 cm³/mol. The largest absolute Gasteiger partial charge is 0.466 e. The Hall–Kier alpha value is -1.65. The van der Waals surface area contributed by atoms with Crippen molar-refractivity contribution < 1.29 is 8.81 Å². The molecule has 0 saturated heterocycles. The Morgan fingerprint density at radius 2 is 1.84 bits per heavy atom. The zero-order chi connectivity index (χ0) is 14.2. The lowest BCUT2D eigenvalue weighted by molar-refractivity contribution is 0.493. The smallest absolute Gasteiger partial charge is 0.126 e. The first-order valence-electron chi connectivity index (χ1n) is 6.24. The van der Waals surface area contributed by atoms with Crippen LogP contribution in [0.1, 0.15) is 39.8 Å². The minimum atomic E-state index is -0.271. The SMILES string of the molecule is Cc1ccc(C(NN)c2c(C)oc(C)c2C)cc1F. The summed E-state index contributed by atoms with van der Waals surface area (Å²) in [5.74, 6) is 7.10. The topological polar surface area (TPSA) is 51.2 Å². The fraction of sp³-hybridized carbons (Fsp3) is 0.333. The second kappa shape index (κ2) is 5.15. The number of halogens is 1. The Kier molecular flexibility index (Phi) is 3.73. The first kappa shape index (κ1) is 13.8. The summed E-state index contributed by atoms with van der Waals surface area (Å²) in [5, 5.41) is 0. The van der Waals surface area contributed by atoms with Gasteiger partial charge in [-0.3, -0.25) is 5.84 Å². The molecule has 1 aromatic heterocycles. The maximum Gasteiger partial charge on any atom is 0.126 e. The Morgan fingerprint density at radius 3 is 2.32 bits per heavy atom. The molecule has 19 heavy (non-hydrogen) atoms. The summed E-state index contributed by atoms with van der Waals surface area (Å²) in [7, 11) is 0. The number of furan rings is 1. The molecule has 102 valence electrons. The predicted octanol–water partition coefficient (Wildman–Crippen LogP) is 3.21. The number of nitrogens with two attached hydrogens (primary N) is 1. The minimum absolute atomic E-state index is 0.228. The van der Waals surface area contributed by atoms with E-state index in [1.165, 1.54) is 6.07 Å². The highest BCUT2D eigenvalue weighted by Crippen LogP contribution is 2.31. The molecule has 0 fully saturated rings. The molecule has 3 nitrogen and oxygen atoms in total. The van der Waals surface area contributed by atoms with E-state index >= 15 is 0 Å². The maximum absolute atomic E-state index is 13.7. The Morgan fingerprint density at radius 1 is 1.16 bits per heavy atom. The highest BCUT2D eigenvalue weighted by atomic mass is 19.1. The van der Waals surface area contributed by atoms with Gasteiger partial charge in [-0.2, -0.15) is 0 Å². The Bertz CT molecular complexity index is 604. The molecule has 0 aliphatic carbocycles. The molecule has 1 atom stereocenters. The third-order valence-electron chi connectivity index (χ3n) is 3.60. The van der Waals surface area contributed by atoms with Crippen LogP contribution in [-0.4, -0.2) is 0 Å². The molecule has 0 bridgehead atoms. The van der Waals surface area contributed by atoms with Crippen molar-refractivity contribution in [1.82, 2.24) is 5.43 Å². The molecular formula is C15H19FN2O. The van der Waals surface area contributed by atoms with E-state index in [0.717, 1.165) is 28.2 Å². The summed E-state index contributed by atoms with van der Waals surface area (Å²) in [4.78, 5) is 0. The van der Waals surface area contributed by atoms with Gasteiger partial charge in [0.1, 0.15) is 17.3 Å². The fourth-order valence-corrected chi connectivity index (χ4v) is 2.37. The van der Waals surface area contributed by atoms with E-state index in [9.17, 15) is 4.39 Å². The van der Waals surface area contributed by atoms with Crippen LogP contribution in [0.4, 0.5) is 4.39 Å². The van der Waals surface area contributed by atoms with E-state index in [4.69, 9.17) is 10.3 Å². The summed E-state index contributed by atoms with van der Waals surface area (Å²) in [5.41, 5.74) is 6.18. The van der Waals surface area contributed by atoms with Crippen LogP contribution in [0.25, 0.3) is 0 Å². The van der Waals surface area contributed by atoms with E-state index in [0.29, 0.717) is 5.56 Å². The summed E-state index contributed by atoms with van der Waals surface area (Å²) < 4.78 is 19.3. The molecule has 0 saturated carbocycles. The molecule has 2 aromatic rings. The van der Waals surface area contributed by atoms with Gasteiger partial charge in [-0.1, -0.05) is 12.1 Å². The highest BCUT2D eigenvalue weighted by Gasteiger charge is 2.22. The molecule has 0 aliphatic rings. The van der Waals surface area contributed by atoms with Crippen LogP contribution in [0.2, 0.25) is 0 Å². The lowest BCUT2D eigenvalue weighted by atomic mass is 9.95. The number of aryl methyl sites for hydroxylation is 3. The molecule has 1 heterocycles. The van der Waals surface area contributed by atoms with Gasteiger partial charge in [0.15, 0.2) is 0 Å². The third kappa shape index (κ3) is 2.41. The number of hydrogen-bond acceptors (Lipinski definition) is 3. The first-order valence-corrected chi connectivity index (χ1v) is 6.24. The van der Waals surface area contributed by atoms with Crippen molar-refractivity contribution >= 4 is 0 Å². The molecule has 1 unspecified atom stereocenters. The molecule has 0 amide bonds. The van der Waals surface area contributed by atoms with Gasteiger partial charge >= 0.3 is 0 Å². The summed E-state index contributed by atoms with van der Waals surface area (Å²) >= 11 is 0. The van der Waals surface area contributed by atoms with Gasteiger partial charge in [-0.25, -0.2) is 9.82 Å². The minimum Gasteiger partial charge on any atom is -0.466 e. The lowest BCUT2D eigenvalue weighted by Gasteiger charge is -2.17. The van der Waals surface area contributed by atoms with Crippen LogP contribution in [0.5, 0.6) is 0 Å². The van der Waals surface area contributed by atoms with Crippen molar-refractivity contribution in [3.8, 4) is 0 Å². The van der Waals surface area contributed by atoms with Crippen molar-refractivity contribution in [2.75, 3.05) is 0 Å². The first-order chi connectivity index (χ1) is 8.95. The molecule has 1 aromatic carbocycles. The Balaban J connectivity index is 2.52. The van der Waals surface area contributed by atoms with Crippen LogP contribution >= 0.6 is 0 Å². The van der Waals surface area contributed by atoms with Crippen LogP contribution in [0.15, 0.2) is 22.6 Å². The molecule has 3 N–H and O–H groups in total. The number of nitrogens with one attached hydrogen (secondary N) is 1. The van der Waals surface area contributed by atoms with Crippen molar-refractivity contribution in [1.29, 1.82) is 0 Å². The van der Waals surface area contributed by atoms with Gasteiger partial charge in [0.25, 0.3) is 0 Å². The standard InChI is InChI=1S/C15H19FN2O/c1-8-5-6-12(7-13(8)16)15(18-17)14-9(2)10(3)19-11(14)4/h5-7,15,18H,17H2,1-4H3. The third-order valence-corrected chi connectivity index (χ3v) is 3.60. The quantitative estimate of drug-likeness (QED) is 0.659. The molecular weight excluding hydrogens is 243 g/mol. The average Bonchev–Trinajstić information content (AvgIpc) is 2.61. The zero-order valence-electron chi connectivity index (χ0n) is 11.7. The van der Waals surface area contributed by atoms with Crippen molar-refractivity contribution in [3.63, 3.8) is 0 Å². The van der Waals surface area contributed by atoms with Crippen molar-refractivity contribution in [2.24, 2.45) is 5.84 Å². The van der Waals surface area contributed by atoms with Crippen LogP contribution in [0, 0.1) is 33.5 Å². The molecule has 0 radical (unpaired) electrons. The van der Waals surface area contributed by atoms with E-state index < -0.39 is 0 Å². The van der Waals surface area contributed by atoms with E-state index in [-0.39, 0.29) is 11.9 Å². The normalized spacial score (nSPS) is 12.7. The second-order valence-electron chi connectivity index (χ2n) is 4.86. The molecule has 4 heteroatoms. The van der Waals surface area contributed by atoms with Crippen LogP contribution < -0.4 is 11.3 Å². The summed E-state index contributed by atoms with van der Waals surface area (Å²) in [6.07, 6.45) is 0. The van der Waals surface area contributed by atoms with Crippen molar-refractivity contribution in [2.45, 2.75) is 33.7 Å². The lowest BCUT2D eigenvalue weighted by Crippen LogP contribution is -2.29. The molecule has 0 spiro atoms. The second-order valence-corrected chi connectivity index (χ2v) is 4.86. The van der Waals surface area contributed by atoms with Crippen molar-refractivity contribution in [3.05, 3.63) is 57.8 Å². The van der Waals surface area contributed by atoms with Crippen LogP contribution in [0.3, 0.4) is 0 Å². The number of benzene rings is 1. The van der Waals surface area contributed by atoms with Crippen LogP contribution in [-0.2, 0) is 0 Å². The number of rotatable bonds is 3. The fourth-order valence-electron chi connectivity index (χ4n) is 2.37. The maximum atomic E-state index is 13.7. The Labute approximate surface area is 112 Å². The molecule has 0 aliphatic heterocycles. The molecule has 2 rings (SSSR count). The van der Waals surface area contributed by atoms with Gasteiger partial charge in [0.05, 0.1) is 6.04 Å². The number of hydrazine groups is 1. The van der Waals surface area contributed by atoms with E-state index in [1.807, 2.05) is 26.8 Å². The van der Waals surface area contributed by atoms with Gasteiger partial charge in [0, 0.05) is 5.56 Å². The van der Waals surface area contributed by atoms with E-state index in [1.54, 1.807) is 13.0 Å². The van der Waals surface area contributed by atoms with Gasteiger partial charge in [0.2, 0.25) is 0 Å². The van der Waals surface area contributed by atoms with E-state index in [2.05, 4.69) is 5.43 Å². The number of hydrogen-bond donors (Lipinski definition) is 2. The highest BCUT2D eigenvalue weighted by molar-refractivity contribution is 5.41. The summed E-state index contributed by atoms with van der Waals surface area (Å²) in [6.45, 7) is 7.53. The van der Waals surface area contributed by atoms with Gasteiger partial charge < -0.3 is 4.42 Å². The average molecular weight is 262 g/mol. The monoisotopic (exact) mass is 262 g/mol.